The number of halogens is 1. The molecule has 1 saturated carbocycles. The van der Waals surface area contributed by atoms with E-state index >= 15 is 0 Å². The van der Waals surface area contributed by atoms with Crippen molar-refractivity contribution >= 4 is 28.4 Å². The molecule has 2 aromatic rings. The molecule has 0 atom stereocenters. The van der Waals surface area contributed by atoms with Gasteiger partial charge < -0.3 is 5.32 Å². The van der Waals surface area contributed by atoms with Gasteiger partial charge in [-0.25, -0.2) is 9.97 Å². The summed E-state index contributed by atoms with van der Waals surface area (Å²) in [7, 11) is 1.91. The maximum absolute atomic E-state index is 4.74. The minimum atomic E-state index is 0.629. The van der Waals surface area contributed by atoms with Crippen LogP contribution in [0.5, 0.6) is 0 Å². The second kappa shape index (κ2) is 5.40. The maximum Gasteiger partial charge on any atom is 0.143 e. The lowest BCUT2D eigenvalue weighted by Crippen LogP contribution is -2.08. The fraction of sp³-hybridized carbons (Fsp3) is 0.357. The lowest BCUT2D eigenvalue weighted by Gasteiger charge is -2.10. The standard InChI is InChI=1S/C14H15IN4/c1-16-14-12(15)13(9-5-6-9)18-11(19-14)8-10-4-2-3-7-17-10/h2-4,7,9H,5-6,8H2,1H3,(H,16,18,19). The zero-order valence-corrected chi connectivity index (χ0v) is 12.9. The third kappa shape index (κ3) is 2.86. The van der Waals surface area contributed by atoms with Gasteiger partial charge in [-0.2, -0.15) is 0 Å². The second-order valence-corrected chi connectivity index (χ2v) is 5.79. The third-order valence-electron chi connectivity index (χ3n) is 3.19. The molecular formula is C14H15IN4. The first-order valence-corrected chi connectivity index (χ1v) is 7.49. The fourth-order valence-corrected chi connectivity index (χ4v) is 3.00. The summed E-state index contributed by atoms with van der Waals surface area (Å²) in [5, 5.41) is 3.17. The molecule has 0 amide bonds. The molecule has 3 rings (SSSR count). The van der Waals surface area contributed by atoms with E-state index in [4.69, 9.17) is 4.98 Å². The number of nitrogens with one attached hydrogen (secondary N) is 1. The van der Waals surface area contributed by atoms with Gasteiger partial charge in [0.05, 0.1) is 15.7 Å². The minimum absolute atomic E-state index is 0.629. The number of pyridine rings is 1. The van der Waals surface area contributed by atoms with Gasteiger partial charge in [0.2, 0.25) is 0 Å². The van der Waals surface area contributed by atoms with E-state index in [1.54, 1.807) is 0 Å². The molecule has 0 bridgehead atoms. The first kappa shape index (κ1) is 12.8. The Morgan fingerprint density at radius 1 is 1.32 bits per heavy atom. The van der Waals surface area contributed by atoms with E-state index in [0.717, 1.165) is 20.9 Å². The lowest BCUT2D eigenvalue weighted by molar-refractivity contribution is 0.876. The van der Waals surface area contributed by atoms with E-state index in [0.29, 0.717) is 12.3 Å². The number of nitrogens with zero attached hydrogens (tertiary/aromatic N) is 3. The van der Waals surface area contributed by atoms with E-state index < -0.39 is 0 Å². The van der Waals surface area contributed by atoms with Crippen molar-refractivity contribution in [3.63, 3.8) is 0 Å². The Hall–Kier alpha value is -1.24. The summed E-state index contributed by atoms with van der Waals surface area (Å²) in [6.07, 6.45) is 4.99. The van der Waals surface area contributed by atoms with Crippen LogP contribution in [0.1, 0.15) is 36.0 Å². The highest BCUT2D eigenvalue weighted by Gasteiger charge is 2.29. The van der Waals surface area contributed by atoms with E-state index in [9.17, 15) is 0 Å². The highest BCUT2D eigenvalue weighted by Crippen LogP contribution is 2.42. The van der Waals surface area contributed by atoms with Gasteiger partial charge in [-0.05, 0) is 47.6 Å². The molecule has 0 radical (unpaired) electrons. The van der Waals surface area contributed by atoms with Gasteiger partial charge >= 0.3 is 0 Å². The fourth-order valence-electron chi connectivity index (χ4n) is 2.05. The molecule has 1 aliphatic rings. The highest BCUT2D eigenvalue weighted by molar-refractivity contribution is 14.1. The van der Waals surface area contributed by atoms with Crippen LogP contribution in [-0.4, -0.2) is 22.0 Å². The van der Waals surface area contributed by atoms with E-state index in [-0.39, 0.29) is 0 Å². The molecule has 0 aliphatic heterocycles. The summed E-state index contributed by atoms with van der Waals surface area (Å²) in [6, 6.07) is 5.93. The van der Waals surface area contributed by atoms with Gasteiger partial charge in [-0.15, -0.1) is 0 Å². The van der Waals surface area contributed by atoms with Crippen LogP contribution in [0.2, 0.25) is 0 Å². The molecule has 0 saturated heterocycles. The Balaban J connectivity index is 1.95. The van der Waals surface area contributed by atoms with E-state index in [2.05, 4.69) is 37.9 Å². The molecule has 98 valence electrons. The van der Waals surface area contributed by atoms with Crippen LogP contribution in [0.4, 0.5) is 5.82 Å². The monoisotopic (exact) mass is 366 g/mol. The van der Waals surface area contributed by atoms with Gasteiger partial charge in [0.1, 0.15) is 11.6 Å². The highest BCUT2D eigenvalue weighted by atomic mass is 127. The molecule has 0 aromatic carbocycles. The van der Waals surface area contributed by atoms with Crippen LogP contribution in [0, 0.1) is 3.57 Å². The number of hydrogen-bond donors (Lipinski definition) is 1. The quantitative estimate of drug-likeness (QED) is 0.846. The first-order chi connectivity index (χ1) is 9.28. The smallest absolute Gasteiger partial charge is 0.143 e. The van der Waals surface area contributed by atoms with E-state index in [1.807, 2.05) is 31.4 Å². The Morgan fingerprint density at radius 3 is 2.79 bits per heavy atom. The summed E-state index contributed by atoms with van der Waals surface area (Å²) in [4.78, 5) is 13.7. The topological polar surface area (TPSA) is 50.7 Å². The van der Waals surface area contributed by atoms with Crippen LogP contribution in [0.25, 0.3) is 0 Å². The van der Waals surface area contributed by atoms with Crippen molar-refractivity contribution in [2.75, 3.05) is 12.4 Å². The van der Waals surface area contributed by atoms with Crippen molar-refractivity contribution in [3.8, 4) is 0 Å². The van der Waals surface area contributed by atoms with Crippen LogP contribution < -0.4 is 5.32 Å². The van der Waals surface area contributed by atoms with Crippen molar-refractivity contribution in [1.29, 1.82) is 0 Å². The zero-order chi connectivity index (χ0) is 13.2. The first-order valence-electron chi connectivity index (χ1n) is 6.42. The van der Waals surface area contributed by atoms with Gasteiger partial charge in [-0.3, -0.25) is 4.98 Å². The van der Waals surface area contributed by atoms with Gasteiger partial charge in [0.25, 0.3) is 0 Å². The summed E-state index contributed by atoms with van der Waals surface area (Å²) in [5.74, 6) is 2.42. The van der Waals surface area contributed by atoms with Crippen LogP contribution >= 0.6 is 22.6 Å². The van der Waals surface area contributed by atoms with Crippen molar-refractivity contribution < 1.29 is 0 Å². The number of hydrogen-bond acceptors (Lipinski definition) is 4. The summed E-state index contributed by atoms with van der Waals surface area (Å²) >= 11 is 2.34. The summed E-state index contributed by atoms with van der Waals surface area (Å²) in [5.41, 5.74) is 2.21. The van der Waals surface area contributed by atoms with E-state index in [1.165, 1.54) is 18.5 Å². The molecule has 2 aromatic heterocycles. The number of anilines is 1. The molecule has 1 fully saturated rings. The van der Waals surface area contributed by atoms with Gasteiger partial charge in [0.15, 0.2) is 0 Å². The van der Waals surface area contributed by atoms with Crippen LogP contribution in [0.3, 0.4) is 0 Å². The average molecular weight is 366 g/mol. The maximum atomic E-state index is 4.74. The SMILES string of the molecule is CNc1nc(Cc2ccccn2)nc(C2CC2)c1I. The molecule has 1 N–H and O–H groups in total. The Morgan fingerprint density at radius 2 is 2.16 bits per heavy atom. The van der Waals surface area contributed by atoms with Gasteiger partial charge in [0, 0.05) is 24.9 Å². The number of rotatable bonds is 4. The largest absolute Gasteiger partial charge is 0.372 e. The second-order valence-electron chi connectivity index (χ2n) is 4.71. The summed E-state index contributed by atoms with van der Waals surface area (Å²) in [6.45, 7) is 0. The predicted octanol–water partition coefficient (Wildman–Crippen LogP) is 2.99. The van der Waals surface area contributed by atoms with Crippen LogP contribution in [-0.2, 0) is 6.42 Å². The zero-order valence-electron chi connectivity index (χ0n) is 10.7. The average Bonchev–Trinajstić information content (AvgIpc) is 3.26. The Kier molecular flexibility index (Phi) is 3.63. The Labute approximate surface area is 126 Å². The molecular weight excluding hydrogens is 351 g/mol. The molecule has 5 heteroatoms. The Bertz CT molecular complexity index is 581. The van der Waals surface area contributed by atoms with Crippen LogP contribution in [0.15, 0.2) is 24.4 Å². The van der Waals surface area contributed by atoms with Crippen molar-refractivity contribution in [1.82, 2.24) is 15.0 Å². The van der Waals surface area contributed by atoms with Crippen molar-refractivity contribution in [2.45, 2.75) is 25.2 Å². The molecule has 0 spiro atoms. The molecule has 4 nitrogen and oxygen atoms in total. The van der Waals surface area contributed by atoms with Gasteiger partial charge in [-0.1, -0.05) is 6.07 Å². The molecule has 1 aliphatic carbocycles. The minimum Gasteiger partial charge on any atom is -0.372 e. The lowest BCUT2D eigenvalue weighted by atomic mass is 10.2. The normalized spacial score (nSPS) is 14.4. The molecule has 0 unspecified atom stereocenters. The van der Waals surface area contributed by atoms with Crippen molar-refractivity contribution in [2.24, 2.45) is 0 Å². The van der Waals surface area contributed by atoms with Crippen molar-refractivity contribution in [3.05, 3.63) is 45.2 Å². The predicted molar refractivity (Wildman–Crippen MR) is 83.3 cm³/mol. The molecule has 2 heterocycles. The molecule has 19 heavy (non-hydrogen) atoms. The third-order valence-corrected chi connectivity index (χ3v) is 4.25. The summed E-state index contributed by atoms with van der Waals surface area (Å²) < 4.78 is 1.16. The number of aromatic nitrogens is 3.